The Bertz CT molecular complexity index is 215. The number of alkyl halides is 2. The summed E-state index contributed by atoms with van der Waals surface area (Å²) in [7, 11) is 0. The SMILES string of the molecule is FC(F)(S)Cc1ccccc1. The van der Waals surface area contributed by atoms with Gasteiger partial charge in [0.2, 0.25) is 0 Å². The highest BCUT2D eigenvalue weighted by Gasteiger charge is 2.22. The maximum Gasteiger partial charge on any atom is 0.295 e. The van der Waals surface area contributed by atoms with Crippen molar-refractivity contribution in [3.8, 4) is 0 Å². The van der Waals surface area contributed by atoms with Gasteiger partial charge in [-0.3, -0.25) is 0 Å². The lowest BCUT2D eigenvalue weighted by atomic mass is 10.2. The van der Waals surface area contributed by atoms with Gasteiger partial charge in [-0.25, -0.2) is 0 Å². The average molecular weight is 174 g/mol. The number of hydrogen-bond donors (Lipinski definition) is 1. The van der Waals surface area contributed by atoms with Crippen molar-refractivity contribution >= 4 is 12.6 Å². The Morgan fingerprint density at radius 2 is 1.73 bits per heavy atom. The van der Waals surface area contributed by atoms with E-state index < -0.39 is 5.25 Å². The van der Waals surface area contributed by atoms with Crippen molar-refractivity contribution in [2.24, 2.45) is 0 Å². The van der Waals surface area contributed by atoms with Gasteiger partial charge in [0.25, 0.3) is 5.25 Å². The van der Waals surface area contributed by atoms with E-state index in [-0.39, 0.29) is 6.42 Å². The van der Waals surface area contributed by atoms with E-state index in [2.05, 4.69) is 12.6 Å². The van der Waals surface area contributed by atoms with Crippen LogP contribution in [0.5, 0.6) is 0 Å². The van der Waals surface area contributed by atoms with E-state index in [1.54, 1.807) is 30.3 Å². The van der Waals surface area contributed by atoms with Crippen LogP contribution in [0.15, 0.2) is 30.3 Å². The molecule has 0 fully saturated rings. The van der Waals surface area contributed by atoms with E-state index in [1.165, 1.54) is 0 Å². The van der Waals surface area contributed by atoms with Crippen LogP contribution in [0.25, 0.3) is 0 Å². The molecular formula is C8H8F2S. The van der Waals surface area contributed by atoms with Crippen LogP contribution in [0, 0.1) is 0 Å². The molecule has 0 atom stereocenters. The van der Waals surface area contributed by atoms with Gasteiger partial charge in [-0.1, -0.05) is 30.3 Å². The van der Waals surface area contributed by atoms with E-state index >= 15 is 0 Å². The normalized spacial score (nSPS) is 11.5. The first-order chi connectivity index (χ1) is 5.08. The summed E-state index contributed by atoms with van der Waals surface area (Å²) in [4.78, 5) is 0. The minimum Gasteiger partial charge on any atom is -0.194 e. The minimum atomic E-state index is -2.90. The quantitative estimate of drug-likeness (QED) is 0.655. The van der Waals surface area contributed by atoms with Gasteiger partial charge in [-0.2, -0.15) is 8.78 Å². The Morgan fingerprint density at radius 3 is 2.18 bits per heavy atom. The largest absolute Gasteiger partial charge is 0.295 e. The number of hydrogen-bond acceptors (Lipinski definition) is 1. The van der Waals surface area contributed by atoms with Crippen molar-refractivity contribution in [3.63, 3.8) is 0 Å². The first-order valence-electron chi connectivity index (χ1n) is 3.22. The van der Waals surface area contributed by atoms with Gasteiger partial charge < -0.3 is 0 Å². The fourth-order valence-corrected chi connectivity index (χ4v) is 1.02. The summed E-state index contributed by atoms with van der Waals surface area (Å²) in [6.07, 6.45) is -0.309. The molecule has 0 saturated carbocycles. The molecule has 0 amide bonds. The molecule has 0 nitrogen and oxygen atoms in total. The summed E-state index contributed by atoms with van der Waals surface area (Å²) in [5.41, 5.74) is 0.604. The summed E-state index contributed by atoms with van der Waals surface area (Å²) < 4.78 is 24.5. The third-order valence-electron chi connectivity index (χ3n) is 1.26. The van der Waals surface area contributed by atoms with E-state index in [0.29, 0.717) is 5.56 Å². The first-order valence-corrected chi connectivity index (χ1v) is 3.67. The first kappa shape index (κ1) is 8.53. The molecule has 0 radical (unpaired) electrons. The van der Waals surface area contributed by atoms with Crippen LogP contribution in [-0.2, 0) is 6.42 Å². The number of benzene rings is 1. The molecule has 0 bridgehead atoms. The van der Waals surface area contributed by atoms with E-state index in [4.69, 9.17) is 0 Å². The number of halogens is 2. The molecule has 0 heterocycles. The molecule has 11 heavy (non-hydrogen) atoms. The summed E-state index contributed by atoms with van der Waals surface area (Å²) in [6.45, 7) is 0. The second-order valence-corrected chi connectivity index (χ2v) is 2.98. The van der Waals surface area contributed by atoms with Crippen LogP contribution in [0.4, 0.5) is 8.78 Å². The summed E-state index contributed by atoms with van der Waals surface area (Å²) in [5.74, 6) is 0. The molecule has 0 aromatic heterocycles. The fraction of sp³-hybridized carbons (Fsp3) is 0.250. The van der Waals surface area contributed by atoms with Crippen LogP contribution in [0.1, 0.15) is 5.56 Å². The van der Waals surface area contributed by atoms with Crippen molar-refractivity contribution < 1.29 is 8.78 Å². The monoisotopic (exact) mass is 174 g/mol. The lowest BCUT2D eigenvalue weighted by Gasteiger charge is -2.07. The maximum absolute atomic E-state index is 12.3. The lowest BCUT2D eigenvalue weighted by molar-refractivity contribution is 0.109. The standard InChI is InChI=1S/C8H8F2S/c9-8(10,11)6-7-4-2-1-3-5-7/h1-5,11H,6H2. The Labute approximate surface area is 69.6 Å². The highest BCUT2D eigenvalue weighted by molar-refractivity contribution is 7.81. The maximum atomic E-state index is 12.3. The van der Waals surface area contributed by atoms with Crippen LogP contribution < -0.4 is 0 Å². The second-order valence-electron chi connectivity index (χ2n) is 2.33. The van der Waals surface area contributed by atoms with Crippen LogP contribution in [0.3, 0.4) is 0 Å². The van der Waals surface area contributed by atoms with E-state index in [9.17, 15) is 8.78 Å². The number of rotatable bonds is 2. The van der Waals surface area contributed by atoms with Crippen molar-refractivity contribution in [1.29, 1.82) is 0 Å². The molecule has 0 N–H and O–H groups in total. The summed E-state index contributed by atoms with van der Waals surface area (Å²) in [5, 5.41) is -2.90. The lowest BCUT2D eigenvalue weighted by Crippen LogP contribution is -2.09. The molecule has 0 aliphatic carbocycles. The third-order valence-corrected chi connectivity index (χ3v) is 1.42. The molecule has 0 aliphatic heterocycles. The van der Waals surface area contributed by atoms with Gasteiger partial charge in [0.15, 0.2) is 0 Å². The summed E-state index contributed by atoms with van der Waals surface area (Å²) >= 11 is 3.13. The fourth-order valence-electron chi connectivity index (χ4n) is 0.841. The zero-order valence-electron chi connectivity index (χ0n) is 5.80. The van der Waals surface area contributed by atoms with Crippen LogP contribution in [0.2, 0.25) is 0 Å². The summed E-state index contributed by atoms with van der Waals surface area (Å²) in [6, 6.07) is 8.57. The highest BCUT2D eigenvalue weighted by atomic mass is 32.1. The third kappa shape index (κ3) is 3.37. The van der Waals surface area contributed by atoms with Crippen LogP contribution >= 0.6 is 12.6 Å². The molecule has 0 saturated heterocycles. The second kappa shape index (κ2) is 3.22. The topological polar surface area (TPSA) is 0 Å². The number of thiol groups is 1. The highest BCUT2D eigenvalue weighted by Crippen LogP contribution is 2.23. The molecule has 1 aromatic rings. The van der Waals surface area contributed by atoms with Crippen molar-refractivity contribution in [2.75, 3.05) is 0 Å². The van der Waals surface area contributed by atoms with Gasteiger partial charge in [0.1, 0.15) is 0 Å². The van der Waals surface area contributed by atoms with Gasteiger partial charge in [0, 0.05) is 6.42 Å². The van der Waals surface area contributed by atoms with Gasteiger partial charge in [-0.05, 0) is 5.56 Å². The molecule has 60 valence electrons. The predicted molar refractivity (Wildman–Crippen MR) is 44.1 cm³/mol. The Balaban J connectivity index is 2.66. The van der Waals surface area contributed by atoms with Crippen molar-refractivity contribution in [3.05, 3.63) is 35.9 Å². The van der Waals surface area contributed by atoms with Crippen molar-refractivity contribution in [2.45, 2.75) is 11.7 Å². The minimum absolute atomic E-state index is 0.309. The predicted octanol–water partition coefficient (Wildman–Crippen LogP) is 2.75. The molecule has 0 spiro atoms. The van der Waals surface area contributed by atoms with E-state index in [0.717, 1.165) is 0 Å². The molecular weight excluding hydrogens is 166 g/mol. The van der Waals surface area contributed by atoms with E-state index in [1.807, 2.05) is 0 Å². The molecule has 3 heteroatoms. The Hall–Kier alpha value is -0.570. The zero-order valence-corrected chi connectivity index (χ0v) is 6.69. The van der Waals surface area contributed by atoms with Crippen LogP contribution in [-0.4, -0.2) is 5.25 Å². The van der Waals surface area contributed by atoms with Gasteiger partial charge >= 0.3 is 0 Å². The molecule has 0 aliphatic rings. The van der Waals surface area contributed by atoms with Gasteiger partial charge in [-0.15, -0.1) is 12.6 Å². The smallest absolute Gasteiger partial charge is 0.194 e. The zero-order chi connectivity index (χ0) is 8.32. The Kier molecular flexibility index (Phi) is 2.49. The molecule has 1 aromatic carbocycles. The Morgan fingerprint density at radius 1 is 1.18 bits per heavy atom. The average Bonchev–Trinajstić information content (AvgIpc) is 1.85. The van der Waals surface area contributed by atoms with Crippen molar-refractivity contribution in [1.82, 2.24) is 0 Å². The van der Waals surface area contributed by atoms with Gasteiger partial charge in [0.05, 0.1) is 0 Å². The molecule has 1 rings (SSSR count). The molecule has 0 unspecified atom stereocenters.